The maximum absolute atomic E-state index is 11.5. The van der Waals surface area contributed by atoms with E-state index in [1.54, 1.807) is 12.2 Å². The first-order valence-corrected chi connectivity index (χ1v) is 4.90. The monoisotopic (exact) mass is 208 g/mol. The van der Waals surface area contributed by atoms with Crippen LogP contribution in [0.3, 0.4) is 0 Å². The van der Waals surface area contributed by atoms with Crippen molar-refractivity contribution in [3.8, 4) is 0 Å². The average molecular weight is 208 g/mol. The summed E-state index contributed by atoms with van der Waals surface area (Å²) in [5, 5.41) is 0. The number of allylic oxidation sites excluding steroid dienone is 4. The van der Waals surface area contributed by atoms with Gasteiger partial charge in [0.25, 0.3) is 0 Å². The lowest BCUT2D eigenvalue weighted by molar-refractivity contribution is -0.321. The van der Waals surface area contributed by atoms with Crippen LogP contribution < -0.4 is 0 Å². The van der Waals surface area contributed by atoms with Crippen molar-refractivity contribution >= 4 is 5.97 Å². The smallest absolute Gasteiger partial charge is 0.297 e. The topological polar surface area (TPSA) is 35.5 Å². The Bertz CT molecular complexity index is 289. The third-order valence-electron chi connectivity index (χ3n) is 1.62. The van der Waals surface area contributed by atoms with E-state index in [4.69, 9.17) is 9.78 Å². The molecule has 0 N–H and O–H groups in total. The van der Waals surface area contributed by atoms with Crippen LogP contribution in [0, 0.1) is 5.92 Å². The molecule has 1 aliphatic rings. The van der Waals surface area contributed by atoms with E-state index in [0.717, 1.165) is 0 Å². The average Bonchev–Trinajstić information content (AvgIpc) is 2.41. The molecule has 0 saturated carbocycles. The van der Waals surface area contributed by atoms with Gasteiger partial charge in [0, 0.05) is 0 Å². The highest BCUT2D eigenvalue weighted by atomic mass is 17.2. The van der Waals surface area contributed by atoms with Crippen molar-refractivity contribution in [2.45, 2.75) is 26.4 Å². The van der Waals surface area contributed by atoms with Gasteiger partial charge in [-0.15, -0.1) is 0 Å². The molecule has 0 aromatic carbocycles. The lowest BCUT2D eigenvalue weighted by atomic mass is 10.1. The van der Waals surface area contributed by atoms with Crippen molar-refractivity contribution in [1.82, 2.24) is 0 Å². The highest BCUT2D eigenvalue weighted by molar-refractivity contribution is 5.76. The lowest BCUT2D eigenvalue weighted by Crippen LogP contribution is -2.24. The van der Waals surface area contributed by atoms with Crippen molar-refractivity contribution < 1.29 is 14.6 Å². The van der Waals surface area contributed by atoms with Crippen LogP contribution in [0.1, 0.15) is 20.8 Å². The largest absolute Gasteiger partial charge is 0.352 e. The molecule has 0 aromatic heterocycles. The van der Waals surface area contributed by atoms with Crippen LogP contribution >= 0.6 is 0 Å². The maximum atomic E-state index is 11.5. The minimum atomic E-state index is -0.480. The minimum Gasteiger partial charge on any atom is -0.297 e. The van der Waals surface area contributed by atoms with Gasteiger partial charge in [-0.05, 0) is 20.8 Å². The predicted molar refractivity (Wildman–Crippen MR) is 57.8 cm³/mol. The number of carbonyl (C=O) groups excluding carboxylic acids is 1. The van der Waals surface area contributed by atoms with E-state index in [9.17, 15) is 4.79 Å². The molecule has 0 unspecified atom stereocenters. The maximum Gasteiger partial charge on any atom is 0.352 e. The molecule has 0 bridgehead atoms. The number of carbonyl (C=O) groups is 1. The van der Waals surface area contributed by atoms with Crippen LogP contribution in [0.25, 0.3) is 0 Å². The fourth-order valence-electron chi connectivity index (χ4n) is 0.939. The van der Waals surface area contributed by atoms with Crippen LogP contribution in [0.5, 0.6) is 0 Å². The molecule has 0 fully saturated rings. The molecule has 82 valence electrons. The standard InChI is InChI=1S/C12H16O3/c1-12(2,3)15-14-11(13)10-8-6-4-5-7-9-10/h4-10H,1-3H3. The summed E-state index contributed by atoms with van der Waals surface area (Å²) in [6.45, 7) is 5.46. The van der Waals surface area contributed by atoms with E-state index in [2.05, 4.69) is 0 Å². The summed E-state index contributed by atoms with van der Waals surface area (Å²) in [6, 6.07) is 0. The van der Waals surface area contributed by atoms with E-state index in [1.807, 2.05) is 45.1 Å². The molecule has 15 heavy (non-hydrogen) atoms. The van der Waals surface area contributed by atoms with Gasteiger partial charge in [0.2, 0.25) is 0 Å². The Labute approximate surface area is 90.0 Å². The molecule has 0 aromatic rings. The Hall–Kier alpha value is -1.35. The van der Waals surface area contributed by atoms with Crippen LogP contribution in [-0.2, 0) is 14.6 Å². The Morgan fingerprint density at radius 2 is 1.60 bits per heavy atom. The molecule has 1 aliphatic carbocycles. The van der Waals surface area contributed by atoms with Crippen molar-refractivity contribution in [3.63, 3.8) is 0 Å². The SMILES string of the molecule is CC(C)(C)OOC(=O)C1C=CC=CC=C1. The highest BCUT2D eigenvalue weighted by Gasteiger charge is 2.19. The van der Waals surface area contributed by atoms with Gasteiger partial charge >= 0.3 is 5.97 Å². The van der Waals surface area contributed by atoms with Gasteiger partial charge in [0.05, 0.1) is 5.92 Å². The Morgan fingerprint density at radius 1 is 1.07 bits per heavy atom. The molecule has 0 amide bonds. The zero-order valence-corrected chi connectivity index (χ0v) is 9.27. The van der Waals surface area contributed by atoms with Gasteiger partial charge in [-0.2, -0.15) is 4.89 Å². The van der Waals surface area contributed by atoms with Gasteiger partial charge in [-0.25, -0.2) is 4.79 Å². The number of hydrogen-bond donors (Lipinski definition) is 0. The van der Waals surface area contributed by atoms with E-state index in [0.29, 0.717) is 0 Å². The summed E-state index contributed by atoms with van der Waals surface area (Å²) < 4.78 is 0. The van der Waals surface area contributed by atoms with Crippen molar-refractivity contribution in [2.24, 2.45) is 5.92 Å². The zero-order chi connectivity index (χ0) is 11.3. The minimum absolute atomic E-state index is 0.373. The van der Waals surface area contributed by atoms with Gasteiger partial charge < -0.3 is 0 Å². The molecule has 0 radical (unpaired) electrons. The molecular formula is C12H16O3. The molecule has 0 saturated heterocycles. The second kappa shape index (κ2) is 4.94. The van der Waals surface area contributed by atoms with E-state index >= 15 is 0 Å². The van der Waals surface area contributed by atoms with Gasteiger partial charge in [-0.3, -0.25) is 4.89 Å². The van der Waals surface area contributed by atoms with Crippen LogP contribution in [0.15, 0.2) is 36.5 Å². The predicted octanol–water partition coefficient (Wildman–Crippen LogP) is 2.56. The Balaban J connectivity index is 2.47. The second-order valence-electron chi connectivity index (χ2n) is 4.28. The summed E-state index contributed by atoms with van der Waals surface area (Å²) in [7, 11) is 0. The summed E-state index contributed by atoms with van der Waals surface area (Å²) >= 11 is 0. The van der Waals surface area contributed by atoms with Crippen LogP contribution in [0.2, 0.25) is 0 Å². The van der Waals surface area contributed by atoms with E-state index in [-0.39, 0.29) is 5.92 Å². The van der Waals surface area contributed by atoms with Crippen molar-refractivity contribution in [2.75, 3.05) is 0 Å². The first kappa shape index (κ1) is 11.7. The quantitative estimate of drug-likeness (QED) is 0.516. The van der Waals surface area contributed by atoms with Crippen molar-refractivity contribution in [1.29, 1.82) is 0 Å². The Morgan fingerprint density at radius 3 is 2.07 bits per heavy atom. The first-order chi connectivity index (χ1) is 6.99. The molecular weight excluding hydrogens is 192 g/mol. The van der Waals surface area contributed by atoms with Crippen molar-refractivity contribution in [3.05, 3.63) is 36.5 Å². The summed E-state index contributed by atoms with van der Waals surface area (Å²) in [4.78, 5) is 21.2. The fourth-order valence-corrected chi connectivity index (χ4v) is 0.939. The summed E-state index contributed by atoms with van der Waals surface area (Å²) in [6.07, 6.45) is 10.8. The normalized spacial score (nSPS) is 16.5. The zero-order valence-electron chi connectivity index (χ0n) is 9.27. The second-order valence-corrected chi connectivity index (χ2v) is 4.28. The number of hydrogen-bond acceptors (Lipinski definition) is 3. The number of rotatable bonds is 2. The van der Waals surface area contributed by atoms with Crippen LogP contribution in [-0.4, -0.2) is 11.6 Å². The lowest BCUT2D eigenvalue weighted by Gasteiger charge is -2.17. The van der Waals surface area contributed by atoms with E-state index in [1.165, 1.54) is 0 Å². The molecule has 1 rings (SSSR count). The fraction of sp³-hybridized carbons (Fsp3) is 0.417. The van der Waals surface area contributed by atoms with Gasteiger partial charge in [-0.1, -0.05) is 36.5 Å². The molecule has 0 aliphatic heterocycles. The third-order valence-corrected chi connectivity index (χ3v) is 1.62. The summed E-state index contributed by atoms with van der Waals surface area (Å²) in [5.74, 6) is -0.775. The Kier molecular flexibility index (Phi) is 3.86. The van der Waals surface area contributed by atoms with Gasteiger partial charge in [0.15, 0.2) is 0 Å². The molecule has 0 heterocycles. The molecule has 0 atom stereocenters. The van der Waals surface area contributed by atoms with E-state index < -0.39 is 11.6 Å². The third kappa shape index (κ3) is 4.61. The first-order valence-electron chi connectivity index (χ1n) is 4.90. The summed E-state index contributed by atoms with van der Waals surface area (Å²) in [5.41, 5.74) is -0.480. The highest BCUT2D eigenvalue weighted by Crippen LogP contribution is 2.12. The van der Waals surface area contributed by atoms with Crippen LogP contribution in [0.4, 0.5) is 0 Å². The molecule has 3 heteroatoms. The molecule has 3 nitrogen and oxygen atoms in total. The van der Waals surface area contributed by atoms with Gasteiger partial charge in [0.1, 0.15) is 5.60 Å². The molecule has 0 spiro atoms.